The number of amides is 1. The van der Waals surface area contributed by atoms with Gasteiger partial charge in [0.05, 0.1) is 28.2 Å². The number of hydrogen-bond acceptors (Lipinski definition) is 6. The standard InChI is InChI=1S/C23H18ClN3O3S/c1-14-4-6-17(24)22-21(14)26-23(31-22)27(12-16-3-2-8-25-11-16)20(28)10-15-5-7-18-19(9-15)30-13-29-18/h2-9,11H,10,12-13H2,1H3. The lowest BCUT2D eigenvalue weighted by atomic mass is 10.1. The number of rotatable bonds is 5. The molecule has 5 rings (SSSR count). The normalized spacial score (nSPS) is 12.3. The van der Waals surface area contributed by atoms with Crippen LogP contribution in [0.3, 0.4) is 0 Å². The molecule has 4 aromatic rings. The second kappa shape index (κ2) is 8.17. The predicted molar refractivity (Wildman–Crippen MR) is 121 cm³/mol. The summed E-state index contributed by atoms with van der Waals surface area (Å²) in [5.74, 6) is 1.28. The molecule has 0 aliphatic carbocycles. The Kier molecular flexibility index (Phi) is 5.21. The highest BCUT2D eigenvalue weighted by Crippen LogP contribution is 2.37. The maximum Gasteiger partial charge on any atom is 0.233 e. The zero-order valence-electron chi connectivity index (χ0n) is 16.7. The average molecular weight is 452 g/mol. The van der Waals surface area contributed by atoms with E-state index in [0.29, 0.717) is 28.2 Å². The topological polar surface area (TPSA) is 64.6 Å². The molecule has 0 unspecified atom stereocenters. The molecular weight excluding hydrogens is 434 g/mol. The summed E-state index contributed by atoms with van der Waals surface area (Å²) in [5.41, 5.74) is 3.61. The number of thiazole rings is 1. The number of pyridine rings is 1. The molecule has 6 nitrogen and oxygen atoms in total. The van der Waals surface area contributed by atoms with Crippen LogP contribution in [0, 0.1) is 6.92 Å². The van der Waals surface area contributed by atoms with Crippen LogP contribution in [0.15, 0.2) is 54.9 Å². The fraction of sp³-hybridized carbons (Fsp3) is 0.174. The lowest BCUT2D eigenvalue weighted by molar-refractivity contribution is -0.118. The van der Waals surface area contributed by atoms with Crippen molar-refractivity contribution in [2.24, 2.45) is 0 Å². The Labute approximate surface area is 188 Å². The van der Waals surface area contributed by atoms with Crippen LogP contribution in [0.2, 0.25) is 5.02 Å². The van der Waals surface area contributed by atoms with Crippen molar-refractivity contribution in [1.29, 1.82) is 0 Å². The first-order valence-corrected chi connectivity index (χ1v) is 10.9. The van der Waals surface area contributed by atoms with Gasteiger partial charge in [0, 0.05) is 12.4 Å². The number of carbonyl (C=O) groups is 1. The van der Waals surface area contributed by atoms with E-state index in [-0.39, 0.29) is 19.1 Å². The van der Waals surface area contributed by atoms with Crippen molar-refractivity contribution in [3.8, 4) is 11.5 Å². The van der Waals surface area contributed by atoms with Crippen molar-refractivity contribution in [2.45, 2.75) is 19.9 Å². The summed E-state index contributed by atoms with van der Waals surface area (Å²) in [6.45, 7) is 2.56. The van der Waals surface area contributed by atoms with Crippen molar-refractivity contribution < 1.29 is 14.3 Å². The van der Waals surface area contributed by atoms with Crippen LogP contribution in [0.1, 0.15) is 16.7 Å². The van der Waals surface area contributed by atoms with Gasteiger partial charge in [0.1, 0.15) is 0 Å². The van der Waals surface area contributed by atoms with Crippen LogP contribution in [-0.4, -0.2) is 22.7 Å². The van der Waals surface area contributed by atoms with Gasteiger partial charge < -0.3 is 9.47 Å². The minimum atomic E-state index is -0.0736. The molecule has 0 N–H and O–H groups in total. The van der Waals surface area contributed by atoms with Gasteiger partial charge in [0.2, 0.25) is 12.7 Å². The van der Waals surface area contributed by atoms with Gasteiger partial charge in [-0.1, -0.05) is 41.1 Å². The number of carbonyl (C=O) groups excluding carboxylic acids is 1. The Morgan fingerprint density at radius 1 is 1.16 bits per heavy atom. The minimum absolute atomic E-state index is 0.0736. The van der Waals surface area contributed by atoms with Crippen LogP contribution in [0.4, 0.5) is 5.13 Å². The molecule has 0 saturated carbocycles. The first-order chi connectivity index (χ1) is 15.1. The fourth-order valence-corrected chi connectivity index (χ4v) is 4.80. The van der Waals surface area contributed by atoms with Crippen LogP contribution >= 0.6 is 22.9 Å². The third kappa shape index (κ3) is 3.94. The van der Waals surface area contributed by atoms with Gasteiger partial charge in [-0.05, 0) is 47.9 Å². The highest BCUT2D eigenvalue weighted by molar-refractivity contribution is 7.23. The van der Waals surface area contributed by atoms with E-state index in [1.807, 2.05) is 49.4 Å². The summed E-state index contributed by atoms with van der Waals surface area (Å²) >= 11 is 7.82. The molecule has 3 heterocycles. The molecule has 0 fully saturated rings. The Bertz CT molecular complexity index is 1240. The van der Waals surface area contributed by atoms with E-state index in [0.717, 1.165) is 26.9 Å². The van der Waals surface area contributed by atoms with E-state index >= 15 is 0 Å². The van der Waals surface area contributed by atoms with E-state index in [2.05, 4.69) is 4.98 Å². The molecule has 2 aromatic heterocycles. The Morgan fingerprint density at radius 2 is 2.03 bits per heavy atom. The van der Waals surface area contributed by atoms with Crippen LogP contribution in [0.5, 0.6) is 11.5 Å². The molecule has 1 amide bonds. The van der Waals surface area contributed by atoms with E-state index in [9.17, 15) is 4.79 Å². The Morgan fingerprint density at radius 3 is 2.84 bits per heavy atom. The summed E-state index contributed by atoms with van der Waals surface area (Å²) in [6, 6.07) is 13.2. The zero-order chi connectivity index (χ0) is 21.4. The number of ether oxygens (including phenoxy) is 2. The Balaban J connectivity index is 1.50. The van der Waals surface area contributed by atoms with Gasteiger partial charge in [-0.2, -0.15) is 0 Å². The zero-order valence-corrected chi connectivity index (χ0v) is 18.2. The average Bonchev–Trinajstić information content (AvgIpc) is 3.43. The predicted octanol–water partition coefficient (Wildman–Crippen LogP) is 5.16. The van der Waals surface area contributed by atoms with Crippen molar-refractivity contribution >= 4 is 44.2 Å². The second-order valence-electron chi connectivity index (χ2n) is 7.24. The molecule has 156 valence electrons. The van der Waals surface area contributed by atoms with Crippen molar-refractivity contribution in [2.75, 3.05) is 11.7 Å². The highest BCUT2D eigenvalue weighted by atomic mass is 35.5. The third-order valence-electron chi connectivity index (χ3n) is 5.07. The van der Waals surface area contributed by atoms with E-state index < -0.39 is 0 Å². The van der Waals surface area contributed by atoms with Gasteiger partial charge >= 0.3 is 0 Å². The van der Waals surface area contributed by atoms with Crippen LogP contribution in [-0.2, 0) is 17.8 Å². The maximum absolute atomic E-state index is 13.4. The minimum Gasteiger partial charge on any atom is -0.454 e. The molecule has 2 aromatic carbocycles. The Hall–Kier alpha value is -3.16. The molecule has 8 heteroatoms. The largest absolute Gasteiger partial charge is 0.454 e. The van der Waals surface area contributed by atoms with Crippen LogP contribution < -0.4 is 14.4 Å². The number of benzene rings is 2. The summed E-state index contributed by atoms with van der Waals surface area (Å²) in [4.78, 5) is 24.1. The van der Waals surface area contributed by atoms with Gasteiger partial charge in [0.15, 0.2) is 16.6 Å². The number of nitrogens with zero attached hydrogens (tertiary/aromatic N) is 3. The van der Waals surface area contributed by atoms with Crippen LogP contribution in [0.25, 0.3) is 10.2 Å². The molecule has 1 aliphatic rings. The summed E-state index contributed by atoms with van der Waals surface area (Å²) in [6.07, 6.45) is 3.68. The quantitative estimate of drug-likeness (QED) is 0.419. The smallest absolute Gasteiger partial charge is 0.233 e. The van der Waals surface area contributed by atoms with Gasteiger partial charge in [-0.25, -0.2) is 4.98 Å². The number of anilines is 1. The number of aromatic nitrogens is 2. The lowest BCUT2D eigenvalue weighted by Crippen LogP contribution is -2.31. The summed E-state index contributed by atoms with van der Waals surface area (Å²) < 4.78 is 11.7. The first-order valence-electron chi connectivity index (χ1n) is 9.72. The number of aryl methyl sites for hydroxylation is 1. The second-order valence-corrected chi connectivity index (χ2v) is 8.63. The van der Waals surface area contributed by atoms with E-state index in [1.54, 1.807) is 17.3 Å². The lowest BCUT2D eigenvalue weighted by Gasteiger charge is -2.20. The maximum atomic E-state index is 13.4. The molecule has 31 heavy (non-hydrogen) atoms. The molecule has 0 radical (unpaired) electrons. The van der Waals surface area contributed by atoms with Crippen molar-refractivity contribution in [1.82, 2.24) is 9.97 Å². The van der Waals surface area contributed by atoms with Gasteiger partial charge in [-0.3, -0.25) is 14.7 Å². The van der Waals surface area contributed by atoms with E-state index in [4.69, 9.17) is 26.1 Å². The molecule has 0 spiro atoms. The third-order valence-corrected chi connectivity index (χ3v) is 6.61. The SMILES string of the molecule is Cc1ccc(Cl)c2sc(N(Cc3cccnc3)C(=O)Cc3ccc4c(c3)OCO4)nc12. The van der Waals surface area contributed by atoms with Gasteiger partial charge in [0.25, 0.3) is 0 Å². The summed E-state index contributed by atoms with van der Waals surface area (Å²) in [5, 5.41) is 1.25. The fourth-order valence-electron chi connectivity index (χ4n) is 3.46. The number of fused-ring (bicyclic) bond motifs is 2. The molecule has 0 bridgehead atoms. The van der Waals surface area contributed by atoms with Crippen molar-refractivity contribution in [3.63, 3.8) is 0 Å². The molecule has 0 saturated heterocycles. The molecule has 0 atom stereocenters. The number of hydrogen-bond donors (Lipinski definition) is 0. The first kappa shape index (κ1) is 19.8. The highest BCUT2D eigenvalue weighted by Gasteiger charge is 2.23. The number of halogens is 1. The summed E-state index contributed by atoms with van der Waals surface area (Å²) in [7, 11) is 0. The molecule has 1 aliphatic heterocycles. The van der Waals surface area contributed by atoms with E-state index in [1.165, 1.54) is 11.3 Å². The van der Waals surface area contributed by atoms with Crippen molar-refractivity contribution in [3.05, 3.63) is 76.6 Å². The monoisotopic (exact) mass is 451 g/mol. The van der Waals surface area contributed by atoms with Gasteiger partial charge in [-0.15, -0.1) is 0 Å². The molecular formula is C23H18ClN3O3S.